The molecular formula is C15H10BrF3. The van der Waals surface area contributed by atoms with Crippen LogP contribution in [0, 0.1) is 0 Å². The molecule has 2 rings (SSSR count). The summed E-state index contributed by atoms with van der Waals surface area (Å²) in [5.74, 6) is 0. The Morgan fingerprint density at radius 3 is 2.21 bits per heavy atom. The molecule has 0 aromatic heterocycles. The first kappa shape index (κ1) is 13.9. The molecule has 4 heteroatoms. The molecule has 0 bridgehead atoms. The fraction of sp³-hybridized carbons (Fsp3) is 0.0667. The molecular weight excluding hydrogens is 317 g/mol. The molecule has 0 heterocycles. The summed E-state index contributed by atoms with van der Waals surface area (Å²) < 4.78 is 40.0. The third-order valence-corrected chi connectivity index (χ3v) is 3.04. The van der Waals surface area contributed by atoms with E-state index < -0.39 is 11.7 Å². The maximum absolute atomic E-state index is 13.1. The molecule has 0 atom stereocenters. The average molecular weight is 327 g/mol. The maximum Gasteiger partial charge on any atom is 0.417 e. The Hall–Kier alpha value is -1.55. The van der Waals surface area contributed by atoms with Crippen LogP contribution in [-0.4, -0.2) is 6.18 Å². The average Bonchev–Trinajstić information content (AvgIpc) is 2.36. The first-order valence-electron chi connectivity index (χ1n) is 5.57. The van der Waals surface area contributed by atoms with Gasteiger partial charge in [0.2, 0.25) is 0 Å². The Labute approximate surface area is 117 Å². The first-order chi connectivity index (χ1) is 8.97. The molecule has 0 unspecified atom stereocenters. The molecule has 0 N–H and O–H groups in total. The summed E-state index contributed by atoms with van der Waals surface area (Å²) in [5, 5.41) is 0. The van der Waals surface area contributed by atoms with E-state index in [2.05, 4.69) is 15.9 Å². The second-order valence-electron chi connectivity index (χ2n) is 3.98. The number of hydrogen-bond acceptors (Lipinski definition) is 0. The fourth-order valence-corrected chi connectivity index (χ4v) is 2.10. The maximum atomic E-state index is 13.1. The summed E-state index contributed by atoms with van der Waals surface area (Å²) >= 11 is 3.19. The number of allylic oxidation sites excluding steroid dienone is 1. The van der Waals surface area contributed by atoms with Crippen LogP contribution in [0.15, 0.2) is 59.1 Å². The lowest BCUT2D eigenvalue weighted by atomic mass is 10.0. The Bertz CT molecular complexity index is 586. The molecule has 0 radical (unpaired) electrons. The predicted molar refractivity (Wildman–Crippen MR) is 74.5 cm³/mol. The molecule has 0 spiro atoms. The minimum absolute atomic E-state index is 0.144. The zero-order valence-corrected chi connectivity index (χ0v) is 11.4. The molecule has 0 aliphatic rings. The first-order valence-corrected chi connectivity index (χ1v) is 6.36. The van der Waals surface area contributed by atoms with E-state index in [0.717, 1.165) is 6.08 Å². The van der Waals surface area contributed by atoms with E-state index in [1.165, 1.54) is 12.1 Å². The van der Waals surface area contributed by atoms with Crippen LogP contribution in [-0.2, 0) is 0 Å². The summed E-state index contributed by atoms with van der Waals surface area (Å²) in [7, 11) is 0. The number of rotatable bonds is 2. The standard InChI is InChI=1S/C15H10BrF3/c16-13-8-4-7-12(10-13)14(15(17,18)19)9-11-5-2-1-3-6-11/h1-10H/b14-9+. The highest BCUT2D eigenvalue weighted by Crippen LogP contribution is 2.36. The molecule has 0 amide bonds. The predicted octanol–water partition coefficient (Wildman–Crippen LogP) is 5.55. The number of halogens is 4. The number of alkyl halides is 3. The van der Waals surface area contributed by atoms with Crippen LogP contribution in [0.4, 0.5) is 13.2 Å². The van der Waals surface area contributed by atoms with Crippen LogP contribution >= 0.6 is 15.9 Å². The Morgan fingerprint density at radius 1 is 0.947 bits per heavy atom. The van der Waals surface area contributed by atoms with E-state index in [1.54, 1.807) is 42.5 Å². The Morgan fingerprint density at radius 2 is 1.63 bits per heavy atom. The van der Waals surface area contributed by atoms with Gasteiger partial charge in [-0.1, -0.05) is 58.4 Å². The van der Waals surface area contributed by atoms with E-state index in [0.29, 0.717) is 10.0 Å². The summed E-state index contributed by atoms with van der Waals surface area (Å²) in [5.41, 5.74) is 0.0144. The number of benzene rings is 2. The van der Waals surface area contributed by atoms with Gasteiger partial charge >= 0.3 is 6.18 Å². The molecule has 0 aliphatic carbocycles. The molecule has 2 aromatic carbocycles. The van der Waals surface area contributed by atoms with Gasteiger partial charge in [-0.15, -0.1) is 0 Å². The SMILES string of the molecule is FC(F)(F)/C(=C/c1ccccc1)c1cccc(Br)c1. The third-order valence-electron chi connectivity index (χ3n) is 2.55. The zero-order valence-electron chi connectivity index (χ0n) is 9.79. The lowest BCUT2D eigenvalue weighted by molar-refractivity contribution is -0.0683. The highest BCUT2D eigenvalue weighted by atomic mass is 79.9. The van der Waals surface area contributed by atoms with E-state index in [9.17, 15) is 13.2 Å². The van der Waals surface area contributed by atoms with Crippen molar-refractivity contribution in [2.24, 2.45) is 0 Å². The smallest absolute Gasteiger partial charge is 0.166 e. The summed E-state index contributed by atoms with van der Waals surface area (Å²) in [6.45, 7) is 0. The van der Waals surface area contributed by atoms with E-state index in [1.807, 2.05) is 0 Å². The normalized spacial score (nSPS) is 12.5. The van der Waals surface area contributed by atoms with Crippen LogP contribution in [0.25, 0.3) is 11.6 Å². The lowest BCUT2D eigenvalue weighted by Crippen LogP contribution is -2.10. The largest absolute Gasteiger partial charge is 0.417 e. The summed E-state index contributed by atoms with van der Waals surface area (Å²) in [6, 6.07) is 14.7. The molecule has 19 heavy (non-hydrogen) atoms. The quantitative estimate of drug-likeness (QED) is 0.634. The topological polar surface area (TPSA) is 0 Å². The molecule has 0 aliphatic heterocycles. The monoisotopic (exact) mass is 326 g/mol. The fourth-order valence-electron chi connectivity index (χ4n) is 1.70. The van der Waals surface area contributed by atoms with Gasteiger partial charge in [-0.25, -0.2) is 0 Å². The molecule has 0 fully saturated rings. The Balaban J connectivity index is 2.52. The lowest BCUT2D eigenvalue weighted by Gasteiger charge is -2.12. The van der Waals surface area contributed by atoms with Crippen LogP contribution in [0.1, 0.15) is 11.1 Å². The third kappa shape index (κ3) is 3.70. The molecule has 98 valence electrons. The van der Waals surface area contributed by atoms with Crippen molar-refractivity contribution in [3.8, 4) is 0 Å². The van der Waals surface area contributed by atoms with E-state index in [4.69, 9.17) is 0 Å². The van der Waals surface area contributed by atoms with Crippen molar-refractivity contribution >= 4 is 27.6 Å². The van der Waals surface area contributed by atoms with Gasteiger partial charge in [0, 0.05) is 4.47 Å². The van der Waals surface area contributed by atoms with Crippen LogP contribution in [0.3, 0.4) is 0 Å². The van der Waals surface area contributed by atoms with Crippen LogP contribution < -0.4 is 0 Å². The van der Waals surface area contributed by atoms with Crippen molar-refractivity contribution < 1.29 is 13.2 Å². The molecule has 0 saturated heterocycles. The minimum atomic E-state index is -4.39. The van der Waals surface area contributed by atoms with Gasteiger partial charge in [-0.05, 0) is 29.3 Å². The van der Waals surface area contributed by atoms with Crippen molar-refractivity contribution in [2.75, 3.05) is 0 Å². The molecule has 2 aromatic rings. The highest BCUT2D eigenvalue weighted by Gasteiger charge is 2.34. The van der Waals surface area contributed by atoms with E-state index >= 15 is 0 Å². The van der Waals surface area contributed by atoms with Crippen molar-refractivity contribution in [1.29, 1.82) is 0 Å². The zero-order chi connectivity index (χ0) is 13.9. The van der Waals surface area contributed by atoms with Crippen molar-refractivity contribution in [3.63, 3.8) is 0 Å². The molecule has 0 saturated carbocycles. The van der Waals surface area contributed by atoms with Gasteiger partial charge < -0.3 is 0 Å². The van der Waals surface area contributed by atoms with Gasteiger partial charge in [-0.2, -0.15) is 13.2 Å². The van der Waals surface area contributed by atoms with Crippen molar-refractivity contribution in [1.82, 2.24) is 0 Å². The minimum Gasteiger partial charge on any atom is -0.166 e. The van der Waals surface area contributed by atoms with Gasteiger partial charge in [0.1, 0.15) is 0 Å². The Kier molecular flexibility index (Phi) is 4.10. The summed E-state index contributed by atoms with van der Waals surface area (Å²) in [6.07, 6.45) is -3.24. The summed E-state index contributed by atoms with van der Waals surface area (Å²) in [4.78, 5) is 0. The van der Waals surface area contributed by atoms with Gasteiger partial charge in [-0.3, -0.25) is 0 Å². The van der Waals surface area contributed by atoms with E-state index in [-0.39, 0.29) is 5.56 Å². The van der Waals surface area contributed by atoms with Crippen molar-refractivity contribution in [2.45, 2.75) is 6.18 Å². The molecule has 0 nitrogen and oxygen atoms in total. The number of hydrogen-bond donors (Lipinski definition) is 0. The highest BCUT2D eigenvalue weighted by molar-refractivity contribution is 9.10. The van der Waals surface area contributed by atoms with Gasteiger partial charge in [0.15, 0.2) is 0 Å². The van der Waals surface area contributed by atoms with Crippen LogP contribution in [0.2, 0.25) is 0 Å². The van der Waals surface area contributed by atoms with Crippen LogP contribution in [0.5, 0.6) is 0 Å². The second kappa shape index (κ2) is 5.61. The van der Waals surface area contributed by atoms with Gasteiger partial charge in [0.25, 0.3) is 0 Å². The van der Waals surface area contributed by atoms with Crippen molar-refractivity contribution in [3.05, 3.63) is 70.2 Å². The second-order valence-corrected chi connectivity index (χ2v) is 4.89. The van der Waals surface area contributed by atoms with Gasteiger partial charge in [0.05, 0.1) is 5.57 Å².